The molecule has 2 aliphatic carbocycles. The molecular weight excluding hydrogens is 487 g/mol. The van der Waals surface area contributed by atoms with Gasteiger partial charge < -0.3 is 25.3 Å². The van der Waals surface area contributed by atoms with E-state index in [1.807, 2.05) is 30.3 Å². The topological polar surface area (TPSA) is 109 Å². The first-order chi connectivity index (χ1) is 18.4. The van der Waals surface area contributed by atoms with E-state index < -0.39 is 11.6 Å². The maximum absolute atomic E-state index is 15.0. The fraction of sp³-hybridized carbons (Fsp3) is 0.483. The van der Waals surface area contributed by atoms with E-state index in [0.717, 1.165) is 44.1 Å². The van der Waals surface area contributed by atoms with Crippen LogP contribution in [0.15, 0.2) is 48.7 Å². The number of carbonyl (C=O) groups excluding carboxylic acids is 1. The molecule has 7 rings (SSSR count). The van der Waals surface area contributed by atoms with E-state index in [1.54, 1.807) is 12.1 Å². The molecule has 0 unspecified atom stereocenters. The molecular formula is C29H33FN4O4. The van der Waals surface area contributed by atoms with Crippen LogP contribution in [0.4, 0.5) is 9.18 Å². The average Bonchev–Trinajstić information content (AvgIpc) is 3.71. The Morgan fingerprint density at radius 1 is 1.08 bits per heavy atom. The summed E-state index contributed by atoms with van der Waals surface area (Å²) in [5, 5.41) is 2.93. The van der Waals surface area contributed by atoms with Crippen LogP contribution in [0, 0.1) is 5.82 Å². The Morgan fingerprint density at radius 2 is 1.87 bits per heavy atom. The van der Waals surface area contributed by atoms with Gasteiger partial charge in [0, 0.05) is 17.2 Å². The van der Waals surface area contributed by atoms with Crippen molar-refractivity contribution in [2.45, 2.75) is 74.7 Å². The van der Waals surface area contributed by atoms with Gasteiger partial charge in [-0.25, -0.2) is 14.2 Å². The first kappa shape index (κ1) is 25.0. The van der Waals surface area contributed by atoms with Gasteiger partial charge in [0.25, 0.3) is 0 Å². The molecule has 0 spiro atoms. The van der Waals surface area contributed by atoms with E-state index in [4.69, 9.17) is 19.9 Å². The minimum atomic E-state index is -0.482. The van der Waals surface area contributed by atoms with Crippen LogP contribution in [-0.4, -0.2) is 46.0 Å². The molecule has 2 saturated heterocycles. The van der Waals surface area contributed by atoms with E-state index in [9.17, 15) is 9.18 Å². The highest BCUT2D eigenvalue weighted by molar-refractivity contribution is 5.78. The second-order valence-electron chi connectivity index (χ2n) is 11.2. The minimum absolute atomic E-state index is 0.198. The highest BCUT2D eigenvalue weighted by atomic mass is 19.1. The minimum Gasteiger partial charge on any atom is -0.475 e. The van der Waals surface area contributed by atoms with Gasteiger partial charge in [-0.3, -0.25) is 4.98 Å². The molecule has 3 aromatic rings. The summed E-state index contributed by atoms with van der Waals surface area (Å²) in [6.45, 7) is 1.02. The lowest BCUT2D eigenvalue weighted by molar-refractivity contribution is -0.156. The molecule has 0 radical (unpaired) electrons. The van der Waals surface area contributed by atoms with Crippen molar-refractivity contribution in [2.75, 3.05) is 13.2 Å². The van der Waals surface area contributed by atoms with E-state index in [1.165, 1.54) is 6.20 Å². The zero-order valence-corrected chi connectivity index (χ0v) is 21.4. The van der Waals surface area contributed by atoms with E-state index in [2.05, 4.69) is 15.3 Å². The fourth-order valence-electron chi connectivity index (χ4n) is 5.50. The SMILES string of the molecule is NC12CCC(CCc3c(F)cnc4ccc(OCC5(NC(=O)OCc6ccccc6)CC5)nc34)(CC1)OC2. The Kier molecular flexibility index (Phi) is 6.44. The van der Waals surface area contributed by atoms with E-state index >= 15 is 0 Å². The maximum Gasteiger partial charge on any atom is 0.408 e. The van der Waals surface area contributed by atoms with Crippen LogP contribution in [0.5, 0.6) is 5.88 Å². The Labute approximate surface area is 221 Å². The second kappa shape index (κ2) is 9.78. The third kappa shape index (κ3) is 5.31. The molecule has 8 nitrogen and oxygen atoms in total. The number of hydrogen-bond donors (Lipinski definition) is 2. The van der Waals surface area contributed by atoms with E-state index in [0.29, 0.717) is 41.9 Å². The summed E-state index contributed by atoms with van der Waals surface area (Å²) in [6.07, 6.45) is 7.25. The largest absolute Gasteiger partial charge is 0.475 e. The van der Waals surface area contributed by atoms with Crippen LogP contribution in [0.25, 0.3) is 11.0 Å². The van der Waals surface area contributed by atoms with Crippen molar-refractivity contribution in [3.63, 3.8) is 0 Å². The number of amides is 1. The molecule has 0 atom stereocenters. The number of aryl methyl sites for hydroxylation is 1. The molecule has 4 fully saturated rings. The summed E-state index contributed by atoms with van der Waals surface area (Å²) in [4.78, 5) is 21.2. The number of benzene rings is 1. The van der Waals surface area contributed by atoms with Gasteiger partial charge in [0.1, 0.15) is 19.0 Å². The fourth-order valence-corrected chi connectivity index (χ4v) is 5.50. The van der Waals surface area contributed by atoms with Crippen molar-refractivity contribution in [3.05, 3.63) is 65.6 Å². The zero-order valence-electron chi connectivity index (χ0n) is 21.4. The molecule has 3 N–H and O–H groups in total. The lowest BCUT2D eigenvalue weighted by atomic mass is 9.70. The van der Waals surface area contributed by atoms with Gasteiger partial charge >= 0.3 is 6.09 Å². The number of ether oxygens (including phenoxy) is 3. The molecule has 2 aromatic heterocycles. The molecule has 200 valence electrons. The number of rotatable bonds is 9. The van der Waals surface area contributed by atoms with Gasteiger partial charge in [0.15, 0.2) is 0 Å². The summed E-state index contributed by atoms with van der Waals surface area (Å²) < 4.78 is 32.5. The van der Waals surface area contributed by atoms with Gasteiger partial charge in [-0.15, -0.1) is 0 Å². The highest BCUT2D eigenvalue weighted by Gasteiger charge is 2.48. The number of halogens is 1. The maximum atomic E-state index is 15.0. The number of nitrogens with zero attached hydrogens (tertiary/aromatic N) is 2. The van der Waals surface area contributed by atoms with E-state index in [-0.39, 0.29) is 30.2 Å². The van der Waals surface area contributed by atoms with Crippen molar-refractivity contribution in [1.29, 1.82) is 0 Å². The predicted octanol–water partition coefficient (Wildman–Crippen LogP) is 4.58. The average molecular weight is 521 g/mol. The summed E-state index contributed by atoms with van der Waals surface area (Å²) >= 11 is 0. The van der Waals surface area contributed by atoms with Crippen LogP contribution in [-0.2, 0) is 22.5 Å². The lowest BCUT2D eigenvalue weighted by Gasteiger charge is -2.51. The van der Waals surface area contributed by atoms with Crippen molar-refractivity contribution in [2.24, 2.45) is 5.73 Å². The highest BCUT2D eigenvalue weighted by Crippen LogP contribution is 2.45. The smallest absolute Gasteiger partial charge is 0.408 e. The Morgan fingerprint density at radius 3 is 2.58 bits per heavy atom. The first-order valence-corrected chi connectivity index (χ1v) is 13.3. The van der Waals surface area contributed by atoms with Crippen LogP contribution < -0.4 is 15.8 Å². The molecule has 2 bridgehead atoms. The summed E-state index contributed by atoms with van der Waals surface area (Å²) in [5.74, 6) is -0.00521. The molecule has 1 amide bonds. The van der Waals surface area contributed by atoms with Crippen LogP contribution in [0.2, 0.25) is 0 Å². The Hall–Kier alpha value is -3.30. The number of aromatic nitrogens is 2. The second-order valence-corrected chi connectivity index (χ2v) is 11.2. The Bertz CT molecular complexity index is 1310. The van der Waals surface area contributed by atoms with Crippen molar-refractivity contribution in [3.8, 4) is 5.88 Å². The number of hydrogen-bond acceptors (Lipinski definition) is 7. The molecule has 4 aliphatic rings. The van der Waals surface area contributed by atoms with Crippen LogP contribution in [0.1, 0.15) is 56.1 Å². The van der Waals surface area contributed by atoms with Gasteiger partial charge in [0.05, 0.1) is 35.0 Å². The first-order valence-electron chi connectivity index (χ1n) is 13.3. The number of nitrogens with two attached hydrogens (primary N) is 1. The Balaban J connectivity index is 1.09. The zero-order chi connectivity index (χ0) is 26.2. The number of nitrogens with one attached hydrogen (secondary N) is 1. The standard InChI is InChI=1S/C29H33FN4O4/c30-22-16-32-23-6-7-24(33-25(23)21(22)8-9-29-14-10-27(31,11-15-29)18-38-29)37-19-28(12-13-28)34-26(35)36-17-20-4-2-1-3-5-20/h1-7,16H,8-15,17-19,31H2,(H,34,35). The number of alkyl carbamates (subject to hydrolysis) is 1. The van der Waals surface area contributed by atoms with Gasteiger partial charge in [-0.1, -0.05) is 30.3 Å². The molecule has 2 aliphatic heterocycles. The molecule has 38 heavy (non-hydrogen) atoms. The molecule has 9 heteroatoms. The van der Waals surface area contributed by atoms with Crippen molar-refractivity contribution < 1.29 is 23.4 Å². The molecule has 4 heterocycles. The number of carbonyl (C=O) groups is 1. The summed E-state index contributed by atoms with van der Waals surface area (Å²) in [5.41, 5.74) is 8.00. The molecule has 1 aromatic carbocycles. The van der Waals surface area contributed by atoms with Crippen molar-refractivity contribution >= 4 is 17.1 Å². The van der Waals surface area contributed by atoms with Crippen LogP contribution >= 0.6 is 0 Å². The third-order valence-electron chi connectivity index (χ3n) is 8.32. The summed E-state index contributed by atoms with van der Waals surface area (Å²) in [6, 6.07) is 13.0. The number of fused-ring (bicyclic) bond motifs is 4. The van der Waals surface area contributed by atoms with Gasteiger partial charge in [-0.2, -0.15) is 0 Å². The van der Waals surface area contributed by atoms with Crippen molar-refractivity contribution in [1.82, 2.24) is 15.3 Å². The quantitative estimate of drug-likeness (QED) is 0.425. The third-order valence-corrected chi connectivity index (χ3v) is 8.32. The summed E-state index contributed by atoms with van der Waals surface area (Å²) in [7, 11) is 0. The van der Waals surface area contributed by atoms with Gasteiger partial charge in [0.2, 0.25) is 5.88 Å². The predicted molar refractivity (Wildman–Crippen MR) is 139 cm³/mol. The number of pyridine rings is 2. The van der Waals surface area contributed by atoms with Gasteiger partial charge in [-0.05, 0) is 63.0 Å². The van der Waals surface area contributed by atoms with Crippen LogP contribution in [0.3, 0.4) is 0 Å². The monoisotopic (exact) mass is 520 g/mol. The normalized spacial score (nSPS) is 25.2. The lowest BCUT2D eigenvalue weighted by Crippen LogP contribution is -2.59. The molecule has 2 saturated carbocycles.